The van der Waals surface area contributed by atoms with E-state index in [0.717, 1.165) is 11.3 Å². The molecule has 1 aromatic heterocycles. The first kappa shape index (κ1) is 13.0. The molecule has 0 atom stereocenters. The van der Waals surface area contributed by atoms with Gasteiger partial charge in [-0.15, -0.1) is 0 Å². The van der Waals surface area contributed by atoms with Gasteiger partial charge in [-0.25, -0.2) is 14.2 Å². The fourth-order valence-electron chi connectivity index (χ4n) is 1.23. The van der Waals surface area contributed by atoms with Crippen LogP contribution in [0, 0.1) is 12.7 Å². The van der Waals surface area contributed by atoms with Crippen LogP contribution >= 0.6 is 27.3 Å². The van der Waals surface area contributed by atoms with Crippen LogP contribution in [0.1, 0.15) is 15.5 Å². The van der Waals surface area contributed by atoms with Gasteiger partial charge in [0.2, 0.25) is 10.1 Å². The highest BCUT2D eigenvalue weighted by molar-refractivity contribution is 9.10. The molecule has 94 valence electrons. The second kappa shape index (κ2) is 5.03. The second-order valence-corrected chi connectivity index (χ2v) is 5.25. The molecule has 0 bridgehead atoms. The Morgan fingerprint density at radius 2 is 2.28 bits per heavy atom. The molecule has 0 aliphatic heterocycles. The zero-order valence-corrected chi connectivity index (χ0v) is 11.5. The first-order valence-electron chi connectivity index (χ1n) is 4.81. The zero-order valence-electron chi connectivity index (χ0n) is 9.11. The highest BCUT2D eigenvalue weighted by atomic mass is 79.9. The van der Waals surface area contributed by atoms with Gasteiger partial charge in [0.05, 0.1) is 5.69 Å². The molecule has 0 fully saturated rings. The largest absolute Gasteiger partial charge is 0.476 e. The molecule has 7 heteroatoms. The van der Waals surface area contributed by atoms with Crippen molar-refractivity contribution < 1.29 is 19.0 Å². The maximum atomic E-state index is 13.5. The minimum atomic E-state index is -1.13. The van der Waals surface area contributed by atoms with Crippen molar-refractivity contribution in [1.82, 2.24) is 4.98 Å². The van der Waals surface area contributed by atoms with Crippen LogP contribution in [-0.2, 0) is 0 Å². The van der Waals surface area contributed by atoms with Gasteiger partial charge in [0.15, 0.2) is 11.6 Å². The third-order valence-corrected chi connectivity index (χ3v) is 3.55. The average Bonchev–Trinajstić information content (AvgIpc) is 2.64. The van der Waals surface area contributed by atoms with E-state index in [1.807, 2.05) is 0 Å². The molecule has 1 aromatic carbocycles. The van der Waals surface area contributed by atoms with Gasteiger partial charge in [0, 0.05) is 4.47 Å². The predicted octanol–water partition coefficient (Wildman–Crippen LogP) is 3.84. The van der Waals surface area contributed by atoms with Gasteiger partial charge in [-0.05, 0) is 25.1 Å². The number of ether oxygens (including phenoxy) is 1. The van der Waals surface area contributed by atoms with Gasteiger partial charge < -0.3 is 9.84 Å². The van der Waals surface area contributed by atoms with Crippen LogP contribution in [0.25, 0.3) is 0 Å². The van der Waals surface area contributed by atoms with E-state index >= 15 is 0 Å². The van der Waals surface area contributed by atoms with Gasteiger partial charge in [-0.3, -0.25) is 0 Å². The van der Waals surface area contributed by atoms with E-state index in [9.17, 15) is 9.18 Å². The number of carboxylic acid groups (broad SMARTS) is 1. The van der Waals surface area contributed by atoms with Gasteiger partial charge >= 0.3 is 5.97 Å². The minimum absolute atomic E-state index is 0.0295. The summed E-state index contributed by atoms with van der Waals surface area (Å²) in [6.45, 7) is 1.61. The summed E-state index contributed by atoms with van der Waals surface area (Å²) in [5.41, 5.74) is 0.416. The smallest absolute Gasteiger partial charge is 0.365 e. The number of aryl methyl sites for hydroxylation is 1. The third kappa shape index (κ3) is 2.68. The molecule has 0 saturated heterocycles. The molecule has 0 aliphatic carbocycles. The Balaban J connectivity index is 2.31. The average molecular weight is 332 g/mol. The van der Waals surface area contributed by atoms with Gasteiger partial charge in [-0.1, -0.05) is 27.3 Å². The van der Waals surface area contributed by atoms with E-state index in [4.69, 9.17) is 9.84 Å². The van der Waals surface area contributed by atoms with Crippen LogP contribution in [0.15, 0.2) is 22.7 Å². The molecule has 2 aromatic rings. The van der Waals surface area contributed by atoms with Crippen LogP contribution in [0.3, 0.4) is 0 Å². The van der Waals surface area contributed by atoms with E-state index in [0.29, 0.717) is 10.2 Å². The Hall–Kier alpha value is -1.47. The molecule has 4 nitrogen and oxygen atoms in total. The lowest BCUT2D eigenvalue weighted by atomic mass is 10.3. The van der Waals surface area contributed by atoms with Crippen LogP contribution in [0.5, 0.6) is 10.8 Å². The molecule has 0 amide bonds. The maximum Gasteiger partial charge on any atom is 0.365 e. The summed E-state index contributed by atoms with van der Waals surface area (Å²) in [5, 5.41) is 8.98. The Morgan fingerprint density at radius 3 is 2.83 bits per heavy atom. The van der Waals surface area contributed by atoms with Crippen LogP contribution < -0.4 is 4.74 Å². The molecule has 0 saturated carbocycles. The molecule has 2 rings (SSSR count). The fraction of sp³-hybridized carbons (Fsp3) is 0.0909. The summed E-state index contributed by atoms with van der Waals surface area (Å²) in [4.78, 5) is 14.6. The monoisotopic (exact) mass is 331 g/mol. The number of rotatable bonds is 3. The Bertz CT molecular complexity index is 614. The van der Waals surface area contributed by atoms with Crippen LogP contribution in [-0.4, -0.2) is 16.1 Å². The number of hydrogen-bond donors (Lipinski definition) is 1. The predicted molar refractivity (Wildman–Crippen MR) is 68.0 cm³/mol. The summed E-state index contributed by atoms with van der Waals surface area (Å²) in [5.74, 6) is -1.63. The van der Waals surface area contributed by atoms with Crippen molar-refractivity contribution in [1.29, 1.82) is 0 Å². The number of carboxylic acids is 1. The van der Waals surface area contributed by atoms with Crippen molar-refractivity contribution in [3.8, 4) is 10.8 Å². The standard InChI is InChI=1S/C11H7BrFNO3S/c1-5-11(18-9(14-5)10(15)16)17-8-3-2-6(12)4-7(8)13/h2-4H,1H3,(H,15,16). The molecule has 18 heavy (non-hydrogen) atoms. The van der Waals surface area contributed by atoms with E-state index in [2.05, 4.69) is 20.9 Å². The van der Waals surface area contributed by atoms with Crippen molar-refractivity contribution in [3.63, 3.8) is 0 Å². The van der Waals surface area contributed by atoms with Gasteiger partial charge in [0.1, 0.15) is 0 Å². The lowest BCUT2D eigenvalue weighted by Crippen LogP contribution is -1.93. The molecule has 0 unspecified atom stereocenters. The Kier molecular flexibility index (Phi) is 3.63. The normalized spacial score (nSPS) is 10.4. The number of thiazole rings is 1. The second-order valence-electron chi connectivity index (χ2n) is 3.37. The van der Waals surface area contributed by atoms with Crippen molar-refractivity contribution in [2.45, 2.75) is 6.92 Å². The Labute approximate surface area is 114 Å². The van der Waals surface area contributed by atoms with Crippen LogP contribution in [0.4, 0.5) is 4.39 Å². The number of aromatic carboxylic acids is 1. The zero-order chi connectivity index (χ0) is 13.3. The number of benzene rings is 1. The van der Waals surface area contributed by atoms with Gasteiger partial charge in [0.25, 0.3) is 0 Å². The molecule has 1 heterocycles. The fourth-order valence-corrected chi connectivity index (χ4v) is 2.33. The summed E-state index contributed by atoms with van der Waals surface area (Å²) in [6.07, 6.45) is 0. The summed E-state index contributed by atoms with van der Waals surface area (Å²) in [7, 11) is 0. The van der Waals surface area contributed by atoms with E-state index in [1.54, 1.807) is 13.0 Å². The highest BCUT2D eigenvalue weighted by Crippen LogP contribution is 2.33. The first-order valence-corrected chi connectivity index (χ1v) is 6.42. The van der Waals surface area contributed by atoms with Crippen molar-refractivity contribution in [2.75, 3.05) is 0 Å². The summed E-state index contributed by atoms with van der Waals surface area (Å²) < 4.78 is 19.5. The van der Waals surface area contributed by atoms with Crippen molar-refractivity contribution in [2.24, 2.45) is 0 Å². The minimum Gasteiger partial charge on any atom is -0.476 e. The van der Waals surface area contributed by atoms with Crippen LogP contribution in [0.2, 0.25) is 0 Å². The molecule has 0 radical (unpaired) electrons. The highest BCUT2D eigenvalue weighted by Gasteiger charge is 2.16. The molecular weight excluding hydrogens is 325 g/mol. The lowest BCUT2D eigenvalue weighted by molar-refractivity contribution is 0.0696. The number of hydrogen-bond acceptors (Lipinski definition) is 4. The lowest BCUT2D eigenvalue weighted by Gasteiger charge is -2.04. The number of nitrogens with zero attached hydrogens (tertiary/aromatic N) is 1. The van der Waals surface area contributed by atoms with E-state index in [1.165, 1.54) is 12.1 Å². The first-order chi connectivity index (χ1) is 8.47. The maximum absolute atomic E-state index is 13.5. The summed E-state index contributed by atoms with van der Waals surface area (Å²) in [6, 6.07) is 4.36. The van der Waals surface area contributed by atoms with E-state index in [-0.39, 0.29) is 15.8 Å². The molecule has 0 spiro atoms. The summed E-state index contributed by atoms with van der Waals surface area (Å²) >= 11 is 4.00. The number of halogens is 2. The number of carbonyl (C=O) groups is 1. The SMILES string of the molecule is Cc1nc(C(=O)O)sc1Oc1ccc(Br)cc1F. The van der Waals surface area contributed by atoms with Crippen molar-refractivity contribution in [3.05, 3.63) is 39.2 Å². The molecule has 0 aliphatic rings. The number of aromatic nitrogens is 1. The Morgan fingerprint density at radius 1 is 1.56 bits per heavy atom. The quantitative estimate of drug-likeness (QED) is 0.928. The third-order valence-electron chi connectivity index (χ3n) is 2.03. The van der Waals surface area contributed by atoms with Gasteiger partial charge in [-0.2, -0.15) is 0 Å². The van der Waals surface area contributed by atoms with E-state index < -0.39 is 11.8 Å². The topological polar surface area (TPSA) is 59.4 Å². The van der Waals surface area contributed by atoms with Crippen molar-refractivity contribution >= 4 is 33.2 Å². The molecule has 1 N–H and O–H groups in total. The molecular formula is C11H7BrFNO3S.